The van der Waals surface area contributed by atoms with E-state index in [0.717, 1.165) is 12.3 Å². The van der Waals surface area contributed by atoms with Crippen molar-refractivity contribution in [3.05, 3.63) is 40.5 Å². The fourth-order valence-corrected chi connectivity index (χ4v) is 2.32. The number of nitrogens with zero attached hydrogens (tertiary/aromatic N) is 4. The molecule has 0 aliphatic carbocycles. The van der Waals surface area contributed by atoms with Crippen molar-refractivity contribution in [2.24, 2.45) is 7.05 Å². The summed E-state index contributed by atoms with van der Waals surface area (Å²) in [6.45, 7) is 0.194. The van der Waals surface area contributed by atoms with Crippen LogP contribution in [0.1, 0.15) is 5.82 Å². The number of hydrogen-bond acceptors (Lipinski definition) is 7. The third-order valence-corrected chi connectivity index (χ3v) is 3.79. The molecule has 1 heterocycles. The molecule has 0 bridgehead atoms. The zero-order valence-corrected chi connectivity index (χ0v) is 12.2. The van der Waals surface area contributed by atoms with Gasteiger partial charge in [-0.2, -0.15) is 5.10 Å². The molecule has 10 heteroatoms. The third kappa shape index (κ3) is 3.54. The van der Waals surface area contributed by atoms with E-state index in [2.05, 4.69) is 15.4 Å². The summed E-state index contributed by atoms with van der Waals surface area (Å²) in [7, 11) is -1.79. The van der Waals surface area contributed by atoms with Crippen LogP contribution in [0.3, 0.4) is 0 Å². The molecular weight excluding hydrogens is 298 g/mol. The molecule has 0 saturated carbocycles. The number of aryl methyl sites for hydroxylation is 1. The lowest BCUT2D eigenvalue weighted by Crippen LogP contribution is -2.06. The van der Waals surface area contributed by atoms with Gasteiger partial charge in [0.15, 0.2) is 15.7 Å². The van der Waals surface area contributed by atoms with Gasteiger partial charge in [0.05, 0.1) is 16.4 Å². The van der Waals surface area contributed by atoms with Crippen molar-refractivity contribution >= 4 is 21.2 Å². The molecule has 0 spiro atoms. The van der Waals surface area contributed by atoms with Crippen LogP contribution < -0.4 is 5.32 Å². The van der Waals surface area contributed by atoms with E-state index in [1.165, 1.54) is 23.1 Å². The Morgan fingerprint density at radius 1 is 1.43 bits per heavy atom. The standard InChI is InChI=1S/C11H13N5O4S/c1-15-7-13-11(14-15)6-12-9-4-3-8(21(2,19)20)5-10(9)16(17)18/h3-5,7,12H,6H2,1-2H3. The number of anilines is 1. The van der Waals surface area contributed by atoms with Crippen molar-refractivity contribution in [1.82, 2.24) is 14.8 Å². The Balaban J connectivity index is 2.28. The average Bonchev–Trinajstić information content (AvgIpc) is 2.80. The van der Waals surface area contributed by atoms with Crippen molar-refractivity contribution in [2.75, 3.05) is 11.6 Å². The second-order valence-corrected chi connectivity index (χ2v) is 6.41. The van der Waals surface area contributed by atoms with E-state index in [-0.39, 0.29) is 22.8 Å². The lowest BCUT2D eigenvalue weighted by atomic mass is 10.2. The molecule has 0 unspecified atom stereocenters. The second-order valence-electron chi connectivity index (χ2n) is 4.40. The van der Waals surface area contributed by atoms with Gasteiger partial charge >= 0.3 is 0 Å². The van der Waals surface area contributed by atoms with Gasteiger partial charge in [0, 0.05) is 19.4 Å². The highest BCUT2D eigenvalue weighted by Gasteiger charge is 2.18. The first-order valence-corrected chi connectivity index (χ1v) is 7.73. The topological polar surface area (TPSA) is 120 Å². The van der Waals surface area contributed by atoms with E-state index in [0.29, 0.717) is 5.82 Å². The molecular formula is C11H13N5O4S. The molecule has 1 aromatic carbocycles. The van der Waals surface area contributed by atoms with E-state index in [1.54, 1.807) is 7.05 Å². The number of hydrogen-bond donors (Lipinski definition) is 1. The van der Waals surface area contributed by atoms with E-state index in [9.17, 15) is 18.5 Å². The SMILES string of the molecule is Cn1cnc(CNc2ccc(S(C)(=O)=O)cc2[N+](=O)[O-])n1. The Morgan fingerprint density at radius 2 is 2.14 bits per heavy atom. The van der Waals surface area contributed by atoms with Crippen LogP contribution in [0.25, 0.3) is 0 Å². The van der Waals surface area contributed by atoms with Crippen LogP contribution in [0.5, 0.6) is 0 Å². The summed E-state index contributed by atoms with van der Waals surface area (Å²) in [6.07, 6.45) is 2.51. The molecule has 0 fully saturated rings. The molecule has 0 saturated heterocycles. The predicted molar refractivity (Wildman–Crippen MR) is 74.5 cm³/mol. The molecule has 0 aliphatic heterocycles. The maximum atomic E-state index is 11.4. The van der Waals surface area contributed by atoms with Gasteiger partial charge in [0.2, 0.25) is 0 Å². The summed E-state index contributed by atoms with van der Waals surface area (Å²) < 4.78 is 24.4. The van der Waals surface area contributed by atoms with Crippen molar-refractivity contribution in [3.8, 4) is 0 Å². The zero-order chi connectivity index (χ0) is 15.6. The smallest absolute Gasteiger partial charge is 0.293 e. The van der Waals surface area contributed by atoms with Crippen LogP contribution in [0.4, 0.5) is 11.4 Å². The van der Waals surface area contributed by atoms with Gasteiger partial charge in [-0.15, -0.1) is 0 Å². The minimum absolute atomic E-state index is 0.101. The van der Waals surface area contributed by atoms with Crippen LogP contribution in [-0.2, 0) is 23.4 Å². The molecule has 0 atom stereocenters. The first-order chi connectivity index (χ1) is 9.77. The lowest BCUT2D eigenvalue weighted by Gasteiger charge is -2.06. The predicted octanol–water partition coefficient (Wildman–Crippen LogP) is 0.739. The summed E-state index contributed by atoms with van der Waals surface area (Å²) in [5, 5.41) is 17.9. The maximum absolute atomic E-state index is 11.4. The Bertz CT molecular complexity index is 784. The van der Waals surface area contributed by atoms with E-state index in [1.807, 2.05) is 0 Å². The molecule has 0 radical (unpaired) electrons. The quantitative estimate of drug-likeness (QED) is 0.638. The second kappa shape index (κ2) is 5.48. The Labute approximate surface area is 120 Å². The Morgan fingerprint density at radius 3 is 2.67 bits per heavy atom. The Hall–Kier alpha value is -2.49. The molecule has 1 aromatic heterocycles. The number of nitrogens with one attached hydrogen (secondary N) is 1. The first-order valence-electron chi connectivity index (χ1n) is 5.84. The summed E-state index contributed by atoms with van der Waals surface area (Å²) >= 11 is 0. The van der Waals surface area contributed by atoms with Crippen LogP contribution in [-0.4, -0.2) is 34.4 Å². The number of benzene rings is 1. The highest BCUT2D eigenvalue weighted by Crippen LogP contribution is 2.27. The van der Waals surface area contributed by atoms with Crippen LogP contribution in [0, 0.1) is 10.1 Å². The number of rotatable bonds is 5. The Kier molecular flexibility index (Phi) is 3.89. The number of sulfone groups is 1. The summed E-state index contributed by atoms with van der Waals surface area (Å²) in [5.41, 5.74) is -0.103. The highest BCUT2D eigenvalue weighted by molar-refractivity contribution is 7.90. The monoisotopic (exact) mass is 311 g/mol. The lowest BCUT2D eigenvalue weighted by molar-refractivity contribution is -0.384. The zero-order valence-electron chi connectivity index (χ0n) is 11.3. The molecule has 2 aromatic rings. The number of aromatic nitrogens is 3. The van der Waals surface area contributed by atoms with Gasteiger partial charge in [-0.1, -0.05) is 0 Å². The van der Waals surface area contributed by atoms with Gasteiger partial charge in [-0.05, 0) is 12.1 Å². The molecule has 0 aliphatic rings. The van der Waals surface area contributed by atoms with E-state index in [4.69, 9.17) is 0 Å². The molecule has 2 rings (SSSR count). The van der Waals surface area contributed by atoms with Crippen LogP contribution in [0.15, 0.2) is 29.4 Å². The van der Waals surface area contributed by atoms with Crippen LogP contribution in [0.2, 0.25) is 0 Å². The number of nitro benzene ring substituents is 1. The van der Waals surface area contributed by atoms with Crippen molar-refractivity contribution in [1.29, 1.82) is 0 Å². The molecule has 1 N–H and O–H groups in total. The van der Waals surface area contributed by atoms with Gasteiger partial charge in [0.1, 0.15) is 12.0 Å². The van der Waals surface area contributed by atoms with E-state index < -0.39 is 14.8 Å². The van der Waals surface area contributed by atoms with Crippen molar-refractivity contribution in [3.63, 3.8) is 0 Å². The number of nitro groups is 1. The van der Waals surface area contributed by atoms with Gasteiger partial charge in [0.25, 0.3) is 5.69 Å². The largest absolute Gasteiger partial charge is 0.372 e. The molecule has 21 heavy (non-hydrogen) atoms. The minimum Gasteiger partial charge on any atom is -0.372 e. The minimum atomic E-state index is -3.50. The van der Waals surface area contributed by atoms with Crippen molar-refractivity contribution in [2.45, 2.75) is 11.4 Å². The van der Waals surface area contributed by atoms with Gasteiger partial charge in [-0.3, -0.25) is 14.8 Å². The highest BCUT2D eigenvalue weighted by atomic mass is 32.2. The first kappa shape index (κ1) is 14.9. The molecule has 9 nitrogen and oxygen atoms in total. The normalized spacial score (nSPS) is 11.3. The van der Waals surface area contributed by atoms with Crippen molar-refractivity contribution < 1.29 is 13.3 Å². The summed E-state index contributed by atoms with van der Waals surface area (Å²) in [6, 6.07) is 3.71. The maximum Gasteiger partial charge on any atom is 0.293 e. The third-order valence-electron chi connectivity index (χ3n) is 2.68. The van der Waals surface area contributed by atoms with Gasteiger partial charge < -0.3 is 5.32 Å². The van der Waals surface area contributed by atoms with Gasteiger partial charge in [-0.25, -0.2) is 13.4 Å². The van der Waals surface area contributed by atoms with E-state index >= 15 is 0 Å². The summed E-state index contributed by atoms with van der Waals surface area (Å²) in [5.74, 6) is 0.471. The summed E-state index contributed by atoms with van der Waals surface area (Å²) in [4.78, 5) is 14.3. The average molecular weight is 311 g/mol. The fourth-order valence-electron chi connectivity index (χ4n) is 1.68. The van der Waals surface area contributed by atoms with Crippen LogP contribution >= 0.6 is 0 Å². The fraction of sp³-hybridized carbons (Fsp3) is 0.273. The molecule has 0 amide bonds. The molecule has 112 valence electrons.